The van der Waals surface area contributed by atoms with E-state index < -0.39 is 11.6 Å². The van der Waals surface area contributed by atoms with Crippen molar-refractivity contribution in [3.05, 3.63) is 47.7 Å². The highest BCUT2D eigenvalue weighted by atomic mass is 19.1. The molecule has 6 nitrogen and oxygen atoms in total. The molecule has 0 saturated carbocycles. The second kappa shape index (κ2) is 8.79. The van der Waals surface area contributed by atoms with Crippen LogP contribution in [-0.2, 0) is 11.3 Å². The van der Waals surface area contributed by atoms with Gasteiger partial charge in [-0.2, -0.15) is 4.98 Å². The van der Waals surface area contributed by atoms with Crippen LogP contribution < -0.4 is 10.2 Å². The van der Waals surface area contributed by atoms with E-state index in [1.807, 2.05) is 6.07 Å². The summed E-state index contributed by atoms with van der Waals surface area (Å²) >= 11 is 0. The number of likely N-dealkylation sites (tertiary alicyclic amines) is 1. The number of anilines is 2. The van der Waals surface area contributed by atoms with Crippen LogP contribution in [0, 0.1) is 11.6 Å². The van der Waals surface area contributed by atoms with Crippen LogP contribution in [-0.4, -0.2) is 60.3 Å². The fourth-order valence-electron chi connectivity index (χ4n) is 3.70. The minimum atomic E-state index is -0.475. The number of aromatic nitrogens is 2. The van der Waals surface area contributed by atoms with Crippen LogP contribution in [0.1, 0.15) is 18.4 Å². The summed E-state index contributed by atoms with van der Waals surface area (Å²) in [6.07, 6.45) is 3.57. The van der Waals surface area contributed by atoms with Crippen molar-refractivity contribution in [2.24, 2.45) is 0 Å². The number of piperidine rings is 1. The number of rotatable bonds is 5. The summed E-state index contributed by atoms with van der Waals surface area (Å²) in [6.45, 7) is 4.87. The molecule has 0 unspecified atom stereocenters. The lowest BCUT2D eigenvalue weighted by Gasteiger charge is -2.33. The number of nitrogens with one attached hydrogen (secondary N) is 1. The molecule has 2 aliphatic heterocycles. The molecule has 2 fully saturated rings. The van der Waals surface area contributed by atoms with Crippen molar-refractivity contribution in [1.82, 2.24) is 14.9 Å². The van der Waals surface area contributed by atoms with Gasteiger partial charge in [-0.1, -0.05) is 6.07 Å². The molecule has 0 radical (unpaired) electrons. The lowest BCUT2D eigenvalue weighted by Crippen LogP contribution is -2.39. The number of hydrogen-bond acceptors (Lipinski definition) is 6. The fraction of sp³-hybridized carbons (Fsp3) is 0.500. The van der Waals surface area contributed by atoms with Crippen molar-refractivity contribution in [2.75, 3.05) is 49.6 Å². The molecule has 0 aliphatic carbocycles. The molecule has 0 spiro atoms. The summed E-state index contributed by atoms with van der Waals surface area (Å²) in [6, 6.07) is 6.19. The molecule has 28 heavy (non-hydrogen) atoms. The minimum absolute atomic E-state index is 0.153. The number of morpholine rings is 1. The first kappa shape index (κ1) is 19.0. The van der Waals surface area contributed by atoms with Crippen molar-refractivity contribution in [1.29, 1.82) is 0 Å². The average Bonchev–Trinajstić information content (AvgIpc) is 2.73. The predicted molar refractivity (Wildman–Crippen MR) is 103 cm³/mol. The average molecular weight is 389 g/mol. The van der Waals surface area contributed by atoms with E-state index in [1.165, 1.54) is 18.2 Å². The van der Waals surface area contributed by atoms with Gasteiger partial charge in [0.1, 0.15) is 17.5 Å². The Morgan fingerprint density at radius 2 is 1.75 bits per heavy atom. The first-order valence-electron chi connectivity index (χ1n) is 9.76. The Morgan fingerprint density at radius 1 is 1.04 bits per heavy atom. The standard InChI is InChI=1S/C20H25F2N5O/c21-17-2-1-3-18(22)16(17)14-26-8-5-15(6-9-26)24-19-4-7-23-20(25-19)27-10-12-28-13-11-27/h1-4,7,15H,5-6,8-14H2,(H,23,24,25). The molecule has 1 aromatic carbocycles. The Bertz CT molecular complexity index is 772. The third kappa shape index (κ3) is 4.56. The summed E-state index contributed by atoms with van der Waals surface area (Å²) < 4.78 is 33.1. The Balaban J connectivity index is 1.31. The topological polar surface area (TPSA) is 53.5 Å². The van der Waals surface area contributed by atoms with Crippen molar-refractivity contribution < 1.29 is 13.5 Å². The Labute approximate surface area is 163 Å². The summed E-state index contributed by atoms with van der Waals surface area (Å²) in [5.41, 5.74) is 0.153. The number of benzene rings is 1. The van der Waals surface area contributed by atoms with E-state index in [4.69, 9.17) is 4.74 Å². The van der Waals surface area contributed by atoms with Gasteiger partial charge >= 0.3 is 0 Å². The summed E-state index contributed by atoms with van der Waals surface area (Å²) in [5.74, 6) is 0.588. The minimum Gasteiger partial charge on any atom is -0.378 e. The largest absolute Gasteiger partial charge is 0.378 e. The third-order valence-electron chi connectivity index (χ3n) is 5.32. The molecule has 150 valence electrons. The molecule has 2 aliphatic rings. The molecule has 1 N–H and O–H groups in total. The van der Waals surface area contributed by atoms with E-state index in [0.717, 1.165) is 50.8 Å². The predicted octanol–water partition coefficient (Wildman–Crippen LogP) is 2.67. The second-order valence-corrected chi connectivity index (χ2v) is 7.24. The van der Waals surface area contributed by atoms with E-state index in [2.05, 4.69) is 25.1 Å². The van der Waals surface area contributed by atoms with E-state index in [-0.39, 0.29) is 11.6 Å². The summed E-state index contributed by atoms with van der Waals surface area (Å²) in [7, 11) is 0. The highest BCUT2D eigenvalue weighted by Crippen LogP contribution is 2.21. The fourth-order valence-corrected chi connectivity index (χ4v) is 3.70. The van der Waals surface area contributed by atoms with Gasteiger partial charge in [0.05, 0.1) is 13.2 Å². The Hall–Kier alpha value is -2.32. The molecule has 3 heterocycles. The Kier molecular flexibility index (Phi) is 5.97. The first-order valence-corrected chi connectivity index (χ1v) is 9.76. The molecular weight excluding hydrogens is 364 g/mol. The van der Waals surface area contributed by atoms with Gasteiger partial charge in [-0.05, 0) is 31.0 Å². The van der Waals surface area contributed by atoms with Gasteiger partial charge in [-0.3, -0.25) is 4.90 Å². The lowest BCUT2D eigenvalue weighted by atomic mass is 10.0. The van der Waals surface area contributed by atoms with E-state index in [0.29, 0.717) is 19.8 Å². The summed E-state index contributed by atoms with van der Waals surface area (Å²) in [5, 5.41) is 3.48. The second-order valence-electron chi connectivity index (χ2n) is 7.24. The highest BCUT2D eigenvalue weighted by Gasteiger charge is 2.22. The van der Waals surface area contributed by atoms with Gasteiger partial charge in [-0.25, -0.2) is 13.8 Å². The maximum absolute atomic E-state index is 13.9. The van der Waals surface area contributed by atoms with Gasteiger partial charge in [0.2, 0.25) is 5.95 Å². The third-order valence-corrected chi connectivity index (χ3v) is 5.32. The Morgan fingerprint density at radius 3 is 2.46 bits per heavy atom. The quantitative estimate of drug-likeness (QED) is 0.849. The van der Waals surface area contributed by atoms with Crippen molar-refractivity contribution in [3.8, 4) is 0 Å². The molecule has 0 atom stereocenters. The van der Waals surface area contributed by atoms with Crippen LogP contribution in [0.3, 0.4) is 0 Å². The van der Waals surface area contributed by atoms with Gasteiger partial charge in [0.25, 0.3) is 0 Å². The summed E-state index contributed by atoms with van der Waals surface area (Å²) in [4.78, 5) is 13.2. The molecule has 2 saturated heterocycles. The van der Waals surface area contributed by atoms with E-state index in [1.54, 1.807) is 6.20 Å². The first-order chi connectivity index (χ1) is 13.7. The normalized spacial score (nSPS) is 19.0. The van der Waals surface area contributed by atoms with Crippen LogP contribution in [0.4, 0.5) is 20.5 Å². The van der Waals surface area contributed by atoms with Crippen LogP contribution in [0.25, 0.3) is 0 Å². The van der Waals surface area contributed by atoms with E-state index in [9.17, 15) is 8.78 Å². The molecule has 1 aromatic heterocycles. The zero-order valence-electron chi connectivity index (χ0n) is 15.8. The van der Waals surface area contributed by atoms with Gasteiger partial charge in [0.15, 0.2) is 0 Å². The number of hydrogen-bond donors (Lipinski definition) is 1. The zero-order chi connectivity index (χ0) is 19.3. The van der Waals surface area contributed by atoms with Crippen molar-refractivity contribution in [3.63, 3.8) is 0 Å². The monoisotopic (exact) mass is 389 g/mol. The van der Waals surface area contributed by atoms with Gasteiger partial charge in [-0.15, -0.1) is 0 Å². The SMILES string of the molecule is Fc1cccc(F)c1CN1CCC(Nc2ccnc(N3CCOCC3)n2)CC1. The maximum Gasteiger partial charge on any atom is 0.227 e. The van der Waals surface area contributed by atoms with E-state index >= 15 is 0 Å². The zero-order valence-corrected chi connectivity index (χ0v) is 15.8. The van der Waals surface area contributed by atoms with Gasteiger partial charge < -0.3 is 15.0 Å². The lowest BCUT2D eigenvalue weighted by molar-refractivity contribution is 0.122. The van der Waals surface area contributed by atoms with Crippen LogP contribution in [0.2, 0.25) is 0 Å². The number of nitrogens with zero attached hydrogens (tertiary/aromatic N) is 4. The highest BCUT2D eigenvalue weighted by molar-refractivity contribution is 5.42. The number of ether oxygens (including phenoxy) is 1. The maximum atomic E-state index is 13.9. The van der Waals surface area contributed by atoms with Crippen molar-refractivity contribution in [2.45, 2.75) is 25.4 Å². The molecule has 2 aromatic rings. The smallest absolute Gasteiger partial charge is 0.227 e. The van der Waals surface area contributed by atoms with Crippen LogP contribution in [0.15, 0.2) is 30.5 Å². The van der Waals surface area contributed by atoms with Crippen LogP contribution in [0.5, 0.6) is 0 Å². The van der Waals surface area contributed by atoms with Gasteiger partial charge in [0, 0.05) is 50.5 Å². The molecule has 0 amide bonds. The molecule has 4 rings (SSSR count). The molecule has 0 bridgehead atoms. The van der Waals surface area contributed by atoms with Crippen LogP contribution >= 0.6 is 0 Å². The molecular formula is C20H25F2N5O. The molecule has 8 heteroatoms. The van der Waals surface area contributed by atoms with Crippen molar-refractivity contribution >= 4 is 11.8 Å². The number of halogens is 2.